The minimum atomic E-state index is -4.88. The summed E-state index contributed by atoms with van der Waals surface area (Å²) >= 11 is 0. The van der Waals surface area contributed by atoms with Crippen molar-refractivity contribution in [2.45, 2.75) is 6.18 Å². The standard InChI is InChI=1S/C7H4BF5O2/c9-5-2-3(7(11,12)13)1-4(6(5)10)8(14)15/h1-2,14-15H. The average molecular weight is 226 g/mol. The van der Waals surface area contributed by atoms with Gasteiger partial charge in [-0.25, -0.2) is 8.78 Å². The van der Waals surface area contributed by atoms with Gasteiger partial charge in [-0.3, -0.25) is 0 Å². The minimum Gasteiger partial charge on any atom is -0.423 e. The van der Waals surface area contributed by atoms with Gasteiger partial charge in [0.15, 0.2) is 11.6 Å². The summed E-state index contributed by atoms with van der Waals surface area (Å²) in [5.74, 6) is -3.49. The summed E-state index contributed by atoms with van der Waals surface area (Å²) in [7, 11) is -2.50. The minimum absolute atomic E-state index is 0.0544. The Hall–Kier alpha value is -1.15. The lowest BCUT2D eigenvalue weighted by molar-refractivity contribution is -0.137. The Morgan fingerprint density at radius 2 is 1.60 bits per heavy atom. The lowest BCUT2D eigenvalue weighted by Crippen LogP contribution is -2.34. The molecule has 1 rings (SSSR count). The second-order valence-electron chi connectivity index (χ2n) is 2.73. The Bertz CT molecular complexity index is 376. The largest absolute Gasteiger partial charge is 0.491 e. The van der Waals surface area contributed by atoms with E-state index in [1.54, 1.807) is 0 Å². The molecule has 0 amide bonds. The topological polar surface area (TPSA) is 40.5 Å². The van der Waals surface area contributed by atoms with Crippen LogP contribution in [0.5, 0.6) is 0 Å². The predicted octanol–water partition coefficient (Wildman–Crippen LogP) is 0.663. The van der Waals surface area contributed by atoms with Crippen molar-refractivity contribution in [3.63, 3.8) is 0 Å². The fraction of sp³-hybridized carbons (Fsp3) is 0.143. The normalized spacial score (nSPS) is 11.7. The van der Waals surface area contributed by atoms with Crippen LogP contribution in [0.4, 0.5) is 22.0 Å². The highest BCUT2D eigenvalue weighted by atomic mass is 19.4. The first-order valence-corrected chi connectivity index (χ1v) is 3.65. The third-order valence-electron chi connectivity index (χ3n) is 1.66. The SMILES string of the molecule is OB(O)c1cc(C(F)(F)F)cc(F)c1F. The molecule has 1 aromatic rings. The van der Waals surface area contributed by atoms with Gasteiger partial charge in [-0.05, 0) is 12.1 Å². The van der Waals surface area contributed by atoms with Crippen molar-refractivity contribution < 1.29 is 32.0 Å². The van der Waals surface area contributed by atoms with Gasteiger partial charge in [-0.15, -0.1) is 0 Å². The van der Waals surface area contributed by atoms with Gasteiger partial charge in [0.05, 0.1) is 5.56 Å². The Kier molecular flexibility index (Phi) is 3.01. The van der Waals surface area contributed by atoms with E-state index in [-0.39, 0.29) is 12.1 Å². The van der Waals surface area contributed by atoms with E-state index in [2.05, 4.69) is 0 Å². The molecule has 2 N–H and O–H groups in total. The van der Waals surface area contributed by atoms with Crippen LogP contribution >= 0.6 is 0 Å². The molecule has 0 saturated carbocycles. The van der Waals surface area contributed by atoms with Gasteiger partial charge >= 0.3 is 13.3 Å². The summed E-state index contributed by atoms with van der Waals surface area (Å²) in [6.45, 7) is 0. The lowest BCUT2D eigenvalue weighted by Gasteiger charge is -2.10. The first kappa shape index (κ1) is 11.9. The Morgan fingerprint density at radius 1 is 1.07 bits per heavy atom. The van der Waals surface area contributed by atoms with Crippen LogP contribution in [0.25, 0.3) is 0 Å². The van der Waals surface area contributed by atoms with Crippen molar-refractivity contribution in [1.29, 1.82) is 0 Å². The van der Waals surface area contributed by atoms with E-state index in [4.69, 9.17) is 10.0 Å². The third kappa shape index (κ3) is 2.45. The molecule has 82 valence electrons. The Morgan fingerprint density at radius 3 is 2.00 bits per heavy atom. The highest BCUT2D eigenvalue weighted by Gasteiger charge is 2.34. The van der Waals surface area contributed by atoms with Crippen LogP contribution in [0.1, 0.15) is 5.56 Å². The van der Waals surface area contributed by atoms with Crippen LogP contribution in [-0.2, 0) is 6.18 Å². The molecule has 2 nitrogen and oxygen atoms in total. The fourth-order valence-electron chi connectivity index (χ4n) is 0.962. The predicted molar refractivity (Wildman–Crippen MR) is 41.2 cm³/mol. The highest BCUT2D eigenvalue weighted by Crippen LogP contribution is 2.29. The number of halogens is 5. The van der Waals surface area contributed by atoms with Gasteiger partial charge < -0.3 is 10.0 Å². The van der Waals surface area contributed by atoms with E-state index in [1.165, 1.54) is 0 Å². The molecule has 0 radical (unpaired) electrons. The second-order valence-corrected chi connectivity index (χ2v) is 2.73. The fourth-order valence-corrected chi connectivity index (χ4v) is 0.962. The molecule has 15 heavy (non-hydrogen) atoms. The summed E-state index contributed by atoms with van der Waals surface area (Å²) in [6, 6.07) is 0.0876. The molecular weight excluding hydrogens is 222 g/mol. The van der Waals surface area contributed by atoms with E-state index in [9.17, 15) is 22.0 Å². The summed E-state index contributed by atoms with van der Waals surface area (Å²) < 4.78 is 61.7. The zero-order valence-corrected chi connectivity index (χ0v) is 7.02. The summed E-state index contributed by atoms with van der Waals surface area (Å²) in [6.07, 6.45) is -4.88. The van der Waals surface area contributed by atoms with Gasteiger partial charge in [0, 0.05) is 5.46 Å². The van der Waals surface area contributed by atoms with E-state index in [0.29, 0.717) is 0 Å². The van der Waals surface area contributed by atoms with Gasteiger partial charge in [0.2, 0.25) is 0 Å². The Balaban J connectivity index is 3.36. The Labute approximate surface area is 81.1 Å². The van der Waals surface area contributed by atoms with Gasteiger partial charge in [0.1, 0.15) is 0 Å². The zero-order valence-electron chi connectivity index (χ0n) is 7.02. The lowest BCUT2D eigenvalue weighted by atomic mass is 9.79. The quantitative estimate of drug-likeness (QED) is 0.545. The van der Waals surface area contributed by atoms with Crippen LogP contribution in [0, 0.1) is 11.6 Å². The second kappa shape index (κ2) is 3.78. The molecule has 0 aromatic heterocycles. The summed E-state index contributed by atoms with van der Waals surface area (Å²) in [5, 5.41) is 17.0. The van der Waals surface area contributed by atoms with Crippen LogP contribution in [0.15, 0.2) is 12.1 Å². The van der Waals surface area contributed by atoms with E-state index >= 15 is 0 Å². The van der Waals surface area contributed by atoms with Crippen LogP contribution < -0.4 is 5.46 Å². The van der Waals surface area contributed by atoms with Crippen molar-refractivity contribution in [3.05, 3.63) is 29.3 Å². The smallest absolute Gasteiger partial charge is 0.423 e. The molecule has 0 aliphatic heterocycles. The number of hydrogen-bond donors (Lipinski definition) is 2. The molecule has 0 bridgehead atoms. The highest BCUT2D eigenvalue weighted by molar-refractivity contribution is 6.58. The maximum atomic E-state index is 12.8. The van der Waals surface area contributed by atoms with Crippen LogP contribution in [-0.4, -0.2) is 17.2 Å². The maximum absolute atomic E-state index is 12.8. The molecule has 1 aromatic carbocycles. The maximum Gasteiger partial charge on any atom is 0.491 e. The van der Waals surface area contributed by atoms with Gasteiger partial charge in [0.25, 0.3) is 0 Å². The van der Waals surface area contributed by atoms with E-state index in [1.807, 2.05) is 0 Å². The van der Waals surface area contributed by atoms with Gasteiger partial charge in [-0.2, -0.15) is 13.2 Å². The van der Waals surface area contributed by atoms with E-state index in [0.717, 1.165) is 0 Å². The molecule has 0 spiro atoms. The van der Waals surface area contributed by atoms with Crippen molar-refractivity contribution >= 4 is 12.6 Å². The van der Waals surface area contributed by atoms with Crippen molar-refractivity contribution in [3.8, 4) is 0 Å². The monoisotopic (exact) mass is 226 g/mol. The van der Waals surface area contributed by atoms with Crippen LogP contribution in [0.2, 0.25) is 0 Å². The molecule has 0 heterocycles. The molecule has 0 unspecified atom stereocenters. The van der Waals surface area contributed by atoms with Gasteiger partial charge in [-0.1, -0.05) is 0 Å². The number of alkyl halides is 3. The molecule has 0 aliphatic rings. The van der Waals surface area contributed by atoms with Crippen molar-refractivity contribution in [2.75, 3.05) is 0 Å². The van der Waals surface area contributed by atoms with Crippen LogP contribution in [0.3, 0.4) is 0 Å². The zero-order chi connectivity index (χ0) is 11.8. The first-order chi connectivity index (χ1) is 6.73. The average Bonchev–Trinajstić information content (AvgIpc) is 2.06. The van der Waals surface area contributed by atoms with Crippen molar-refractivity contribution in [1.82, 2.24) is 0 Å². The number of rotatable bonds is 1. The van der Waals surface area contributed by atoms with E-state index < -0.39 is 36.0 Å². The molecular formula is C7H4BF5O2. The molecule has 0 saturated heterocycles. The third-order valence-corrected chi connectivity index (χ3v) is 1.66. The van der Waals surface area contributed by atoms with Crippen molar-refractivity contribution in [2.24, 2.45) is 0 Å². The summed E-state index contributed by atoms with van der Waals surface area (Å²) in [4.78, 5) is 0. The summed E-state index contributed by atoms with van der Waals surface area (Å²) in [5.41, 5.74) is -2.63. The number of benzene rings is 1. The number of hydrogen-bond acceptors (Lipinski definition) is 2. The first-order valence-electron chi connectivity index (χ1n) is 3.65. The molecule has 0 aliphatic carbocycles. The molecule has 0 fully saturated rings. The molecule has 8 heteroatoms. The molecule has 0 atom stereocenters.